The van der Waals surface area contributed by atoms with Gasteiger partial charge in [-0.25, -0.2) is 4.79 Å². The molecule has 1 aliphatic carbocycles. The van der Waals surface area contributed by atoms with Crippen molar-refractivity contribution in [1.82, 2.24) is 15.5 Å². The van der Waals surface area contributed by atoms with Crippen LogP contribution >= 0.6 is 0 Å². The Kier molecular flexibility index (Phi) is 8.33. The van der Waals surface area contributed by atoms with E-state index in [1.54, 1.807) is 0 Å². The number of carbonyl (C=O) groups is 2. The van der Waals surface area contributed by atoms with Crippen molar-refractivity contribution in [2.75, 3.05) is 19.6 Å². The molecule has 1 rings (SSSR count). The molecule has 0 radical (unpaired) electrons. The van der Waals surface area contributed by atoms with Crippen molar-refractivity contribution in [3.63, 3.8) is 0 Å². The lowest BCUT2D eigenvalue weighted by atomic mass is 9.85. The van der Waals surface area contributed by atoms with Crippen LogP contribution in [0.3, 0.4) is 0 Å². The van der Waals surface area contributed by atoms with Gasteiger partial charge in [0.05, 0.1) is 12.6 Å². The fourth-order valence-corrected chi connectivity index (χ4v) is 3.11. The second kappa shape index (κ2) is 9.72. The van der Waals surface area contributed by atoms with Crippen LogP contribution in [0, 0.1) is 5.92 Å². The normalized spacial score (nSPS) is 21.8. The molecule has 0 aromatic heterocycles. The minimum absolute atomic E-state index is 0.0434. The van der Waals surface area contributed by atoms with E-state index in [0.29, 0.717) is 6.54 Å². The molecule has 7 heteroatoms. The SMILES string of the molecule is CCC(CC)C(O)CNC(=O)NC1CC(N(CC)CC(=O)O)C1. The van der Waals surface area contributed by atoms with E-state index in [0.717, 1.165) is 25.7 Å². The van der Waals surface area contributed by atoms with Crippen molar-refractivity contribution in [3.8, 4) is 0 Å². The molecule has 0 spiro atoms. The number of aliphatic hydroxyl groups excluding tert-OH is 1. The van der Waals surface area contributed by atoms with Crippen LogP contribution in [0.1, 0.15) is 46.5 Å². The maximum atomic E-state index is 11.8. The highest BCUT2D eigenvalue weighted by Crippen LogP contribution is 2.25. The maximum Gasteiger partial charge on any atom is 0.317 e. The number of aliphatic carboxylic acids is 1. The summed E-state index contributed by atoms with van der Waals surface area (Å²) in [5, 5.41) is 24.4. The molecule has 0 bridgehead atoms. The smallest absolute Gasteiger partial charge is 0.317 e. The average molecular weight is 329 g/mol. The summed E-state index contributed by atoms with van der Waals surface area (Å²) in [6.07, 6.45) is 2.80. The minimum atomic E-state index is -0.823. The molecule has 0 aromatic rings. The molecule has 1 saturated carbocycles. The van der Waals surface area contributed by atoms with Gasteiger partial charge in [-0.3, -0.25) is 9.69 Å². The monoisotopic (exact) mass is 329 g/mol. The highest BCUT2D eigenvalue weighted by Gasteiger charge is 2.34. The van der Waals surface area contributed by atoms with Gasteiger partial charge in [0, 0.05) is 18.6 Å². The number of likely N-dealkylation sites (N-methyl/N-ethyl adjacent to an activating group) is 1. The van der Waals surface area contributed by atoms with Gasteiger partial charge in [0.25, 0.3) is 0 Å². The third-order valence-corrected chi connectivity index (χ3v) is 4.77. The Morgan fingerprint density at radius 1 is 1.22 bits per heavy atom. The lowest BCUT2D eigenvalue weighted by Crippen LogP contribution is -2.56. The lowest BCUT2D eigenvalue weighted by Gasteiger charge is -2.42. The minimum Gasteiger partial charge on any atom is -0.480 e. The summed E-state index contributed by atoms with van der Waals surface area (Å²) >= 11 is 0. The number of nitrogens with one attached hydrogen (secondary N) is 2. The summed E-state index contributed by atoms with van der Waals surface area (Å²) in [7, 11) is 0. The summed E-state index contributed by atoms with van der Waals surface area (Å²) in [6.45, 7) is 6.99. The van der Waals surface area contributed by atoms with Crippen LogP contribution in [-0.2, 0) is 4.79 Å². The molecule has 4 N–H and O–H groups in total. The molecule has 0 heterocycles. The van der Waals surface area contributed by atoms with Gasteiger partial charge in [0.15, 0.2) is 0 Å². The predicted molar refractivity (Wildman–Crippen MR) is 88.3 cm³/mol. The van der Waals surface area contributed by atoms with Gasteiger partial charge in [-0.15, -0.1) is 0 Å². The maximum absolute atomic E-state index is 11.8. The quantitative estimate of drug-likeness (QED) is 0.479. The van der Waals surface area contributed by atoms with Gasteiger partial charge in [0.2, 0.25) is 0 Å². The van der Waals surface area contributed by atoms with Crippen LogP contribution in [0.4, 0.5) is 4.79 Å². The number of hydrogen-bond donors (Lipinski definition) is 4. The van der Waals surface area contributed by atoms with Crippen molar-refractivity contribution >= 4 is 12.0 Å². The lowest BCUT2D eigenvalue weighted by molar-refractivity contribution is -0.139. The summed E-state index contributed by atoms with van der Waals surface area (Å²) in [5.41, 5.74) is 0. The molecule has 0 aromatic carbocycles. The Labute approximate surface area is 138 Å². The topological polar surface area (TPSA) is 102 Å². The first-order chi connectivity index (χ1) is 10.9. The van der Waals surface area contributed by atoms with Gasteiger partial charge in [-0.1, -0.05) is 33.6 Å². The number of carboxylic acid groups (broad SMARTS) is 1. The zero-order valence-corrected chi connectivity index (χ0v) is 14.4. The van der Waals surface area contributed by atoms with Crippen molar-refractivity contribution in [2.24, 2.45) is 5.92 Å². The van der Waals surface area contributed by atoms with Crippen molar-refractivity contribution in [1.29, 1.82) is 0 Å². The van der Waals surface area contributed by atoms with Crippen LogP contribution in [0.15, 0.2) is 0 Å². The van der Waals surface area contributed by atoms with E-state index in [1.807, 2.05) is 25.7 Å². The number of hydrogen-bond acceptors (Lipinski definition) is 4. The molecule has 1 fully saturated rings. The first-order valence-electron chi connectivity index (χ1n) is 8.59. The van der Waals surface area contributed by atoms with Crippen LogP contribution in [0.5, 0.6) is 0 Å². The van der Waals surface area contributed by atoms with Crippen LogP contribution < -0.4 is 10.6 Å². The van der Waals surface area contributed by atoms with E-state index in [9.17, 15) is 14.7 Å². The molecule has 7 nitrogen and oxygen atoms in total. The number of urea groups is 1. The Hall–Kier alpha value is -1.34. The van der Waals surface area contributed by atoms with Crippen LogP contribution in [0.2, 0.25) is 0 Å². The molecule has 1 aliphatic rings. The number of aliphatic hydroxyl groups is 1. The molecule has 2 amide bonds. The summed E-state index contributed by atoms with van der Waals surface area (Å²) in [4.78, 5) is 24.5. The average Bonchev–Trinajstić information content (AvgIpc) is 2.47. The summed E-state index contributed by atoms with van der Waals surface area (Å²) in [6, 6.07) is 0.0319. The number of nitrogens with zero attached hydrogens (tertiary/aromatic N) is 1. The largest absolute Gasteiger partial charge is 0.480 e. The molecule has 0 aliphatic heterocycles. The Morgan fingerprint density at radius 3 is 2.30 bits per heavy atom. The molecule has 0 saturated heterocycles. The van der Waals surface area contributed by atoms with Gasteiger partial charge in [-0.2, -0.15) is 0 Å². The van der Waals surface area contributed by atoms with E-state index in [1.165, 1.54) is 0 Å². The Balaban J connectivity index is 2.24. The van der Waals surface area contributed by atoms with E-state index in [2.05, 4.69) is 10.6 Å². The summed E-state index contributed by atoms with van der Waals surface area (Å²) < 4.78 is 0. The third kappa shape index (κ3) is 6.35. The van der Waals surface area contributed by atoms with Crippen molar-refractivity contribution < 1.29 is 19.8 Å². The number of carbonyl (C=O) groups excluding carboxylic acids is 1. The number of amides is 2. The zero-order chi connectivity index (χ0) is 17.4. The van der Waals surface area contributed by atoms with E-state index < -0.39 is 12.1 Å². The molecular weight excluding hydrogens is 298 g/mol. The first kappa shape index (κ1) is 19.7. The predicted octanol–water partition coefficient (Wildman–Crippen LogP) is 1.02. The first-order valence-corrected chi connectivity index (χ1v) is 8.59. The standard InChI is InChI=1S/C16H31N3O4/c1-4-11(5-2)14(20)9-17-16(23)18-12-7-13(8-12)19(6-3)10-15(21)22/h11-14,20H,4-10H2,1-3H3,(H,21,22)(H2,17,18,23). The molecule has 23 heavy (non-hydrogen) atoms. The van der Waals surface area contributed by atoms with Gasteiger partial charge in [-0.05, 0) is 25.3 Å². The molecular formula is C16H31N3O4. The Bertz CT molecular complexity index is 382. The van der Waals surface area contributed by atoms with Gasteiger partial charge in [0.1, 0.15) is 0 Å². The fourth-order valence-electron chi connectivity index (χ4n) is 3.11. The van der Waals surface area contributed by atoms with Crippen LogP contribution in [-0.4, -0.2) is 64.9 Å². The van der Waals surface area contributed by atoms with Crippen molar-refractivity contribution in [3.05, 3.63) is 0 Å². The number of carboxylic acids is 1. The zero-order valence-electron chi connectivity index (χ0n) is 14.4. The third-order valence-electron chi connectivity index (χ3n) is 4.77. The van der Waals surface area contributed by atoms with E-state index >= 15 is 0 Å². The molecule has 134 valence electrons. The van der Waals surface area contributed by atoms with E-state index in [4.69, 9.17) is 5.11 Å². The van der Waals surface area contributed by atoms with E-state index in [-0.39, 0.29) is 37.1 Å². The van der Waals surface area contributed by atoms with Crippen LogP contribution in [0.25, 0.3) is 0 Å². The molecule has 1 atom stereocenters. The second-order valence-corrected chi connectivity index (χ2v) is 6.28. The van der Waals surface area contributed by atoms with Gasteiger partial charge < -0.3 is 20.8 Å². The highest BCUT2D eigenvalue weighted by molar-refractivity contribution is 5.74. The number of rotatable bonds is 10. The van der Waals surface area contributed by atoms with Gasteiger partial charge >= 0.3 is 12.0 Å². The fraction of sp³-hybridized carbons (Fsp3) is 0.875. The van der Waals surface area contributed by atoms with Crippen molar-refractivity contribution in [2.45, 2.75) is 64.6 Å². The summed E-state index contributed by atoms with van der Waals surface area (Å²) in [5.74, 6) is -0.617. The molecule has 1 unspecified atom stereocenters. The second-order valence-electron chi connectivity index (χ2n) is 6.28. The highest BCUT2D eigenvalue weighted by atomic mass is 16.4. The Morgan fingerprint density at radius 2 is 1.83 bits per heavy atom.